The van der Waals surface area contributed by atoms with Gasteiger partial charge in [-0.2, -0.15) is 0 Å². The molecule has 3 aromatic rings. The number of aliphatic hydroxyl groups excluding tert-OH is 1. The van der Waals surface area contributed by atoms with Gasteiger partial charge >= 0.3 is 0 Å². The number of hydrogen-bond acceptors (Lipinski definition) is 4. The van der Waals surface area contributed by atoms with Crippen molar-refractivity contribution in [2.45, 2.75) is 18.4 Å². The van der Waals surface area contributed by atoms with Gasteiger partial charge in [-0.25, -0.2) is 8.78 Å². The number of anilines is 1. The van der Waals surface area contributed by atoms with Crippen LogP contribution in [0.15, 0.2) is 60.7 Å². The fraction of sp³-hybridized carbons (Fsp3) is 0.304. The van der Waals surface area contributed by atoms with Crippen LogP contribution in [0, 0.1) is 0 Å². The van der Waals surface area contributed by atoms with Gasteiger partial charge in [-0.3, -0.25) is 4.90 Å². The van der Waals surface area contributed by atoms with Gasteiger partial charge in [0, 0.05) is 25.2 Å². The molecule has 1 heterocycles. The summed E-state index contributed by atoms with van der Waals surface area (Å²) < 4.78 is 32.5. The second-order valence-electron chi connectivity index (χ2n) is 7.62. The van der Waals surface area contributed by atoms with Crippen LogP contribution < -0.4 is 10.5 Å². The maximum absolute atomic E-state index is 13.3. The SMILES string of the molecule is Nc1cccc(-c2cc(OCC(O)CN3CCC(F)(F)C3)cc3ccccc23)c1. The standard InChI is InChI=1S/C23H24F2N2O2/c24-23(25)8-9-27(15-23)13-19(28)14-29-20-11-17-4-1-2-7-21(17)22(12-20)16-5-3-6-18(26)10-16/h1-7,10-12,19,28H,8-9,13-15,26H2. The molecule has 152 valence electrons. The Bertz CT molecular complexity index is 1010. The number of nitrogen functional groups attached to an aromatic ring is 1. The van der Waals surface area contributed by atoms with E-state index in [0.29, 0.717) is 18.0 Å². The minimum Gasteiger partial charge on any atom is -0.491 e. The van der Waals surface area contributed by atoms with Crippen molar-refractivity contribution in [1.29, 1.82) is 0 Å². The molecule has 1 saturated heterocycles. The van der Waals surface area contributed by atoms with Crippen LogP contribution in [-0.4, -0.2) is 48.3 Å². The highest BCUT2D eigenvalue weighted by atomic mass is 19.3. The quantitative estimate of drug-likeness (QED) is 0.612. The lowest BCUT2D eigenvalue weighted by molar-refractivity contribution is 0.00461. The van der Waals surface area contributed by atoms with Crippen LogP contribution in [0.2, 0.25) is 0 Å². The van der Waals surface area contributed by atoms with Gasteiger partial charge in [0.05, 0.1) is 6.54 Å². The Morgan fingerprint density at radius 1 is 1.10 bits per heavy atom. The Hall–Kier alpha value is -2.70. The number of hydrogen-bond donors (Lipinski definition) is 2. The Balaban J connectivity index is 1.52. The first kappa shape index (κ1) is 19.6. The van der Waals surface area contributed by atoms with Crippen LogP contribution in [0.1, 0.15) is 6.42 Å². The van der Waals surface area contributed by atoms with Gasteiger partial charge in [-0.1, -0.05) is 36.4 Å². The lowest BCUT2D eigenvalue weighted by atomic mass is 9.97. The van der Waals surface area contributed by atoms with Gasteiger partial charge in [-0.15, -0.1) is 0 Å². The van der Waals surface area contributed by atoms with E-state index in [0.717, 1.165) is 21.9 Å². The number of benzene rings is 3. The lowest BCUT2D eigenvalue weighted by Crippen LogP contribution is -2.35. The van der Waals surface area contributed by atoms with Crippen molar-refractivity contribution in [3.63, 3.8) is 0 Å². The van der Waals surface area contributed by atoms with Crippen LogP contribution in [0.3, 0.4) is 0 Å². The van der Waals surface area contributed by atoms with Crippen LogP contribution >= 0.6 is 0 Å². The molecule has 1 aliphatic heterocycles. The Kier molecular flexibility index (Phi) is 5.39. The van der Waals surface area contributed by atoms with E-state index in [1.807, 2.05) is 60.7 Å². The molecule has 3 N–H and O–H groups in total. The summed E-state index contributed by atoms with van der Waals surface area (Å²) >= 11 is 0. The summed E-state index contributed by atoms with van der Waals surface area (Å²) in [7, 11) is 0. The first-order valence-electron chi connectivity index (χ1n) is 9.69. The molecule has 0 radical (unpaired) electrons. The van der Waals surface area contributed by atoms with E-state index in [-0.39, 0.29) is 26.1 Å². The first-order valence-corrected chi connectivity index (χ1v) is 9.69. The lowest BCUT2D eigenvalue weighted by Gasteiger charge is -2.20. The van der Waals surface area contributed by atoms with Crippen molar-refractivity contribution in [1.82, 2.24) is 4.90 Å². The summed E-state index contributed by atoms with van der Waals surface area (Å²) in [6, 6.07) is 19.5. The van der Waals surface area contributed by atoms with Crippen molar-refractivity contribution in [2.24, 2.45) is 0 Å². The molecular formula is C23H24F2N2O2. The van der Waals surface area contributed by atoms with E-state index in [4.69, 9.17) is 10.5 Å². The second kappa shape index (κ2) is 7.97. The van der Waals surface area contributed by atoms with Gasteiger partial charge in [0.15, 0.2) is 0 Å². The monoisotopic (exact) mass is 398 g/mol. The topological polar surface area (TPSA) is 58.7 Å². The summed E-state index contributed by atoms with van der Waals surface area (Å²) in [6.45, 7) is 0.196. The van der Waals surface area contributed by atoms with E-state index in [9.17, 15) is 13.9 Å². The maximum Gasteiger partial charge on any atom is 0.261 e. The van der Waals surface area contributed by atoms with Gasteiger partial charge in [0.2, 0.25) is 0 Å². The molecule has 0 amide bonds. The third kappa shape index (κ3) is 4.66. The minimum atomic E-state index is -2.66. The number of β-amino-alcohol motifs (C(OH)–C–C–N with tert-alkyl or cyclic N) is 1. The van der Waals surface area contributed by atoms with Crippen molar-refractivity contribution in [3.8, 4) is 16.9 Å². The van der Waals surface area contributed by atoms with E-state index in [1.54, 1.807) is 4.90 Å². The molecule has 0 saturated carbocycles. The molecule has 3 aromatic carbocycles. The molecule has 0 aromatic heterocycles. The van der Waals surface area contributed by atoms with Crippen molar-refractivity contribution in [2.75, 3.05) is 32.0 Å². The summed E-state index contributed by atoms with van der Waals surface area (Å²) in [5, 5.41) is 12.3. The van der Waals surface area contributed by atoms with Crippen molar-refractivity contribution < 1.29 is 18.6 Å². The zero-order valence-electron chi connectivity index (χ0n) is 16.0. The van der Waals surface area contributed by atoms with Crippen LogP contribution in [0.4, 0.5) is 14.5 Å². The fourth-order valence-corrected chi connectivity index (χ4v) is 3.82. The average molecular weight is 398 g/mol. The van der Waals surface area contributed by atoms with Crippen LogP contribution in [0.25, 0.3) is 21.9 Å². The van der Waals surface area contributed by atoms with E-state index in [1.165, 1.54) is 0 Å². The normalized spacial score (nSPS) is 17.5. The number of nitrogens with two attached hydrogens (primary N) is 1. The smallest absolute Gasteiger partial charge is 0.261 e. The number of ether oxygens (including phenoxy) is 1. The van der Waals surface area contributed by atoms with Gasteiger partial charge in [0.1, 0.15) is 18.5 Å². The van der Waals surface area contributed by atoms with E-state index < -0.39 is 12.0 Å². The predicted octanol–water partition coefficient (Wildman–Crippen LogP) is 4.17. The Morgan fingerprint density at radius 2 is 1.93 bits per heavy atom. The molecule has 1 fully saturated rings. The zero-order valence-corrected chi connectivity index (χ0v) is 16.0. The summed E-state index contributed by atoms with van der Waals surface area (Å²) in [5.41, 5.74) is 8.59. The number of nitrogens with zero attached hydrogens (tertiary/aromatic N) is 1. The molecule has 1 atom stereocenters. The maximum atomic E-state index is 13.3. The number of alkyl halides is 2. The van der Waals surface area contributed by atoms with Gasteiger partial charge in [-0.05, 0) is 46.2 Å². The van der Waals surface area contributed by atoms with E-state index >= 15 is 0 Å². The highest BCUT2D eigenvalue weighted by Gasteiger charge is 2.38. The van der Waals surface area contributed by atoms with Crippen molar-refractivity contribution >= 4 is 16.5 Å². The zero-order chi connectivity index (χ0) is 20.4. The number of aliphatic hydroxyl groups is 1. The second-order valence-corrected chi connectivity index (χ2v) is 7.62. The largest absolute Gasteiger partial charge is 0.491 e. The third-order valence-corrected chi connectivity index (χ3v) is 5.19. The molecule has 0 aliphatic carbocycles. The summed E-state index contributed by atoms with van der Waals surface area (Å²) in [6.07, 6.45) is -0.999. The number of likely N-dealkylation sites (tertiary alicyclic amines) is 1. The molecule has 1 unspecified atom stereocenters. The molecule has 4 nitrogen and oxygen atoms in total. The van der Waals surface area contributed by atoms with Crippen LogP contribution in [-0.2, 0) is 0 Å². The third-order valence-electron chi connectivity index (χ3n) is 5.19. The molecule has 29 heavy (non-hydrogen) atoms. The van der Waals surface area contributed by atoms with E-state index in [2.05, 4.69) is 0 Å². The molecular weight excluding hydrogens is 374 g/mol. The van der Waals surface area contributed by atoms with Crippen molar-refractivity contribution in [3.05, 3.63) is 60.7 Å². The molecule has 1 aliphatic rings. The van der Waals surface area contributed by atoms with Gasteiger partial charge in [0.25, 0.3) is 5.92 Å². The molecule has 0 spiro atoms. The molecule has 0 bridgehead atoms. The summed E-state index contributed by atoms with van der Waals surface area (Å²) in [4.78, 5) is 1.58. The highest BCUT2D eigenvalue weighted by Crippen LogP contribution is 2.34. The van der Waals surface area contributed by atoms with Gasteiger partial charge < -0.3 is 15.6 Å². The van der Waals surface area contributed by atoms with Crippen LogP contribution in [0.5, 0.6) is 5.75 Å². The predicted molar refractivity (Wildman–Crippen MR) is 111 cm³/mol. The fourth-order valence-electron chi connectivity index (χ4n) is 3.82. The molecule has 4 rings (SSSR count). The Morgan fingerprint density at radius 3 is 2.69 bits per heavy atom. The summed E-state index contributed by atoms with van der Waals surface area (Å²) in [5.74, 6) is -2.04. The molecule has 6 heteroatoms. The minimum absolute atomic E-state index is 0.0385. The first-order chi connectivity index (χ1) is 13.9. The Labute approximate surface area is 168 Å². The number of fused-ring (bicyclic) bond motifs is 1. The number of halogens is 2. The number of rotatable bonds is 6. The highest BCUT2D eigenvalue weighted by molar-refractivity contribution is 5.98. The average Bonchev–Trinajstić information content (AvgIpc) is 3.04.